The van der Waals surface area contributed by atoms with E-state index < -0.39 is 0 Å². The summed E-state index contributed by atoms with van der Waals surface area (Å²) in [5, 5.41) is 2.66. The molecule has 3 rings (SSSR count). The number of hydrogen-bond donors (Lipinski definition) is 0. The van der Waals surface area contributed by atoms with Crippen molar-refractivity contribution in [2.75, 3.05) is 0 Å². The fourth-order valence-corrected chi connectivity index (χ4v) is 4.04. The molecule has 0 spiro atoms. The van der Waals surface area contributed by atoms with Crippen LogP contribution < -0.4 is 5.56 Å². The first-order valence-electron chi connectivity index (χ1n) is 5.96. The molecule has 0 fully saturated rings. The van der Waals surface area contributed by atoms with Gasteiger partial charge in [0, 0.05) is 17.3 Å². The van der Waals surface area contributed by atoms with Gasteiger partial charge in [0.15, 0.2) is 5.16 Å². The molecule has 0 unspecified atom stereocenters. The Morgan fingerprint density at radius 3 is 3.05 bits per heavy atom. The van der Waals surface area contributed by atoms with E-state index >= 15 is 0 Å². The summed E-state index contributed by atoms with van der Waals surface area (Å²) in [5.74, 6) is 0.787. The maximum absolute atomic E-state index is 12.2. The van der Waals surface area contributed by atoms with Crippen LogP contribution in [0.2, 0.25) is 0 Å². The van der Waals surface area contributed by atoms with Gasteiger partial charge in [0.1, 0.15) is 4.70 Å². The minimum atomic E-state index is 0.0294. The van der Waals surface area contributed by atoms with Crippen LogP contribution in [0, 0.1) is 0 Å². The second kappa shape index (κ2) is 5.71. The van der Waals surface area contributed by atoms with Gasteiger partial charge in [0.2, 0.25) is 0 Å². The third-order valence-electron chi connectivity index (χ3n) is 2.90. The maximum Gasteiger partial charge on any atom is 0.271 e. The zero-order valence-corrected chi connectivity index (χ0v) is 13.9. The van der Waals surface area contributed by atoms with Crippen molar-refractivity contribution in [2.45, 2.75) is 10.9 Å². The van der Waals surface area contributed by atoms with E-state index in [-0.39, 0.29) is 5.56 Å². The first-order valence-corrected chi connectivity index (χ1v) is 8.62. The van der Waals surface area contributed by atoms with Crippen molar-refractivity contribution >= 4 is 49.2 Å². The predicted octanol–water partition coefficient (Wildman–Crippen LogP) is 4.05. The van der Waals surface area contributed by atoms with E-state index in [1.54, 1.807) is 23.4 Å². The largest absolute Gasteiger partial charge is 0.290 e. The average molecular weight is 367 g/mol. The van der Waals surface area contributed by atoms with Crippen LogP contribution in [0.5, 0.6) is 0 Å². The highest BCUT2D eigenvalue weighted by molar-refractivity contribution is 9.10. The van der Waals surface area contributed by atoms with Crippen LogP contribution in [-0.2, 0) is 12.8 Å². The molecule has 0 aliphatic rings. The van der Waals surface area contributed by atoms with E-state index in [4.69, 9.17) is 0 Å². The van der Waals surface area contributed by atoms with Crippen molar-refractivity contribution in [3.8, 4) is 0 Å². The molecule has 20 heavy (non-hydrogen) atoms. The molecule has 0 bridgehead atoms. The van der Waals surface area contributed by atoms with Crippen LogP contribution in [0.25, 0.3) is 10.2 Å². The van der Waals surface area contributed by atoms with Crippen molar-refractivity contribution in [1.29, 1.82) is 0 Å². The summed E-state index contributed by atoms with van der Waals surface area (Å²) < 4.78 is 3.41. The molecule has 0 amide bonds. The number of thiophene rings is 1. The molecule has 102 valence electrons. The standard InChI is InChI=1S/C14H11BrN2OS2/c1-17-13(18)12-11(5-6-19-12)16-14(17)20-8-9-3-2-4-10(15)7-9/h2-7H,8H2,1H3. The molecule has 0 atom stereocenters. The van der Waals surface area contributed by atoms with E-state index in [1.807, 2.05) is 23.6 Å². The Balaban J connectivity index is 1.91. The van der Waals surface area contributed by atoms with Crippen LogP contribution in [0.4, 0.5) is 0 Å². The molecule has 2 heterocycles. The van der Waals surface area contributed by atoms with Gasteiger partial charge in [-0.1, -0.05) is 39.8 Å². The van der Waals surface area contributed by atoms with Gasteiger partial charge in [0.25, 0.3) is 5.56 Å². The molecular formula is C14H11BrN2OS2. The highest BCUT2D eigenvalue weighted by Gasteiger charge is 2.09. The predicted molar refractivity (Wildman–Crippen MR) is 88.6 cm³/mol. The summed E-state index contributed by atoms with van der Waals surface area (Å²) in [6, 6.07) is 10.0. The van der Waals surface area contributed by atoms with Gasteiger partial charge in [-0.2, -0.15) is 0 Å². The SMILES string of the molecule is Cn1c(SCc2cccc(Br)c2)nc2ccsc2c1=O. The molecular weight excluding hydrogens is 356 g/mol. The average Bonchev–Trinajstić information content (AvgIpc) is 2.90. The van der Waals surface area contributed by atoms with Crippen molar-refractivity contribution in [3.63, 3.8) is 0 Å². The van der Waals surface area contributed by atoms with E-state index in [9.17, 15) is 4.79 Å². The Labute approximate surface area is 132 Å². The molecule has 3 aromatic rings. The summed E-state index contributed by atoms with van der Waals surface area (Å²) in [6.45, 7) is 0. The molecule has 0 N–H and O–H groups in total. The smallest absolute Gasteiger partial charge is 0.271 e. The lowest BCUT2D eigenvalue weighted by Crippen LogP contribution is -2.18. The van der Waals surface area contributed by atoms with Gasteiger partial charge in [-0.05, 0) is 29.1 Å². The van der Waals surface area contributed by atoms with E-state index in [1.165, 1.54) is 16.9 Å². The lowest BCUT2D eigenvalue weighted by molar-refractivity contribution is 0.728. The van der Waals surface area contributed by atoms with Gasteiger partial charge < -0.3 is 0 Å². The normalized spacial score (nSPS) is 11.1. The quantitative estimate of drug-likeness (QED) is 0.518. The topological polar surface area (TPSA) is 34.9 Å². The maximum atomic E-state index is 12.2. The number of nitrogens with zero attached hydrogens (tertiary/aromatic N) is 2. The Morgan fingerprint density at radius 2 is 2.25 bits per heavy atom. The molecule has 2 aromatic heterocycles. The molecule has 1 aromatic carbocycles. The van der Waals surface area contributed by atoms with Crippen LogP contribution in [-0.4, -0.2) is 9.55 Å². The number of halogens is 1. The fraction of sp³-hybridized carbons (Fsp3) is 0.143. The molecule has 0 saturated carbocycles. The molecule has 0 aliphatic carbocycles. The molecule has 3 nitrogen and oxygen atoms in total. The summed E-state index contributed by atoms with van der Waals surface area (Å²) in [7, 11) is 1.78. The van der Waals surface area contributed by atoms with Gasteiger partial charge in [0.05, 0.1) is 5.52 Å². The van der Waals surface area contributed by atoms with Crippen molar-refractivity contribution in [1.82, 2.24) is 9.55 Å². The number of aromatic nitrogens is 2. The lowest BCUT2D eigenvalue weighted by atomic mass is 10.2. The highest BCUT2D eigenvalue weighted by Crippen LogP contribution is 2.24. The molecule has 0 aliphatic heterocycles. The number of hydrogen-bond acceptors (Lipinski definition) is 4. The van der Waals surface area contributed by atoms with Crippen LogP contribution in [0.3, 0.4) is 0 Å². The third-order valence-corrected chi connectivity index (χ3v) is 5.39. The zero-order valence-electron chi connectivity index (χ0n) is 10.7. The Kier molecular flexibility index (Phi) is 3.96. The first-order chi connectivity index (χ1) is 9.65. The monoisotopic (exact) mass is 366 g/mol. The van der Waals surface area contributed by atoms with Crippen molar-refractivity contribution in [2.24, 2.45) is 7.05 Å². The number of thioether (sulfide) groups is 1. The first kappa shape index (κ1) is 13.9. The van der Waals surface area contributed by atoms with E-state index in [0.29, 0.717) is 0 Å². The van der Waals surface area contributed by atoms with Gasteiger partial charge >= 0.3 is 0 Å². The third kappa shape index (κ3) is 2.68. The second-order valence-electron chi connectivity index (χ2n) is 4.31. The Bertz CT molecular complexity index is 825. The number of benzene rings is 1. The molecule has 6 heteroatoms. The molecule has 0 saturated heterocycles. The van der Waals surface area contributed by atoms with Gasteiger partial charge in [-0.3, -0.25) is 9.36 Å². The van der Waals surface area contributed by atoms with Crippen LogP contribution in [0.1, 0.15) is 5.56 Å². The Hall–Kier alpha value is -1.11. The lowest BCUT2D eigenvalue weighted by Gasteiger charge is -2.07. The molecule has 0 radical (unpaired) electrons. The zero-order chi connectivity index (χ0) is 14.1. The summed E-state index contributed by atoms with van der Waals surface area (Å²) >= 11 is 6.48. The summed E-state index contributed by atoms with van der Waals surface area (Å²) in [6.07, 6.45) is 0. The highest BCUT2D eigenvalue weighted by atomic mass is 79.9. The van der Waals surface area contributed by atoms with Crippen molar-refractivity contribution in [3.05, 3.63) is 56.1 Å². The fourth-order valence-electron chi connectivity index (χ4n) is 1.87. The minimum Gasteiger partial charge on any atom is -0.290 e. The van der Waals surface area contributed by atoms with Gasteiger partial charge in [-0.25, -0.2) is 4.98 Å². The van der Waals surface area contributed by atoms with Crippen LogP contribution >= 0.6 is 39.0 Å². The number of rotatable bonds is 3. The number of fused-ring (bicyclic) bond motifs is 1. The van der Waals surface area contributed by atoms with Crippen LogP contribution in [0.15, 0.2) is 50.1 Å². The summed E-state index contributed by atoms with van der Waals surface area (Å²) in [5.41, 5.74) is 2.01. The van der Waals surface area contributed by atoms with Crippen molar-refractivity contribution < 1.29 is 0 Å². The van der Waals surface area contributed by atoms with E-state index in [2.05, 4.69) is 33.0 Å². The second-order valence-corrected chi connectivity index (χ2v) is 7.09. The van der Waals surface area contributed by atoms with Gasteiger partial charge in [-0.15, -0.1) is 11.3 Å². The Morgan fingerprint density at radius 1 is 1.40 bits per heavy atom. The van der Waals surface area contributed by atoms with E-state index in [0.717, 1.165) is 25.6 Å². The summed E-state index contributed by atoms with van der Waals surface area (Å²) in [4.78, 5) is 16.7. The minimum absolute atomic E-state index is 0.0294.